The smallest absolute Gasteiger partial charge is 0.0451 e. The third kappa shape index (κ3) is 7.57. The molecular formula is C32H43N. The Balaban J connectivity index is 1.59. The van der Waals surface area contributed by atoms with Crippen LogP contribution < -0.4 is 5.73 Å². The zero-order chi connectivity index (χ0) is 23.0. The van der Waals surface area contributed by atoms with Gasteiger partial charge in [0.1, 0.15) is 0 Å². The van der Waals surface area contributed by atoms with Gasteiger partial charge in [0.05, 0.1) is 0 Å². The number of benzene rings is 3. The Morgan fingerprint density at radius 2 is 0.697 bits per heavy atom. The third-order valence-electron chi connectivity index (χ3n) is 7.06. The van der Waals surface area contributed by atoms with E-state index < -0.39 is 0 Å². The number of hydrogen-bond acceptors (Lipinski definition) is 1. The van der Waals surface area contributed by atoms with Gasteiger partial charge < -0.3 is 5.73 Å². The van der Waals surface area contributed by atoms with E-state index in [1.165, 1.54) is 87.3 Å². The van der Waals surface area contributed by atoms with E-state index in [0.29, 0.717) is 0 Å². The van der Waals surface area contributed by atoms with Crippen molar-refractivity contribution in [2.45, 2.75) is 82.5 Å². The van der Waals surface area contributed by atoms with Gasteiger partial charge in [-0.25, -0.2) is 0 Å². The summed E-state index contributed by atoms with van der Waals surface area (Å²) < 4.78 is 0. The highest BCUT2D eigenvalue weighted by atomic mass is 14.5. The number of hydrogen-bond donors (Lipinski definition) is 1. The second-order valence-electron chi connectivity index (χ2n) is 9.43. The lowest BCUT2D eigenvalue weighted by Crippen LogP contribution is -2.29. The minimum atomic E-state index is -0.0900. The topological polar surface area (TPSA) is 26.0 Å². The second kappa shape index (κ2) is 14.7. The van der Waals surface area contributed by atoms with Crippen LogP contribution in [0.1, 0.15) is 93.7 Å². The van der Waals surface area contributed by atoms with Crippen molar-refractivity contribution in [2.75, 3.05) is 6.54 Å². The van der Waals surface area contributed by atoms with Crippen LogP contribution in [0, 0.1) is 0 Å². The molecule has 0 bridgehead atoms. The summed E-state index contributed by atoms with van der Waals surface area (Å²) in [5.74, 6) is 0. The van der Waals surface area contributed by atoms with Crippen molar-refractivity contribution in [3.8, 4) is 0 Å². The van der Waals surface area contributed by atoms with Gasteiger partial charge in [0.2, 0.25) is 0 Å². The average molecular weight is 442 g/mol. The Morgan fingerprint density at radius 3 is 1.03 bits per heavy atom. The molecule has 3 aromatic carbocycles. The summed E-state index contributed by atoms with van der Waals surface area (Å²) in [4.78, 5) is 0. The number of rotatable bonds is 16. The van der Waals surface area contributed by atoms with Crippen molar-refractivity contribution in [1.29, 1.82) is 0 Å². The van der Waals surface area contributed by atoms with Crippen LogP contribution in [-0.2, 0) is 5.41 Å². The zero-order valence-electron chi connectivity index (χ0n) is 20.4. The number of nitrogens with two attached hydrogens (primary N) is 1. The Labute approximate surface area is 202 Å². The highest BCUT2D eigenvalue weighted by Crippen LogP contribution is 2.43. The summed E-state index contributed by atoms with van der Waals surface area (Å²) in [6.07, 6.45) is 15.8. The molecule has 0 aliphatic rings. The van der Waals surface area contributed by atoms with Crippen LogP contribution in [0.3, 0.4) is 0 Å². The van der Waals surface area contributed by atoms with Crippen LogP contribution in [0.4, 0.5) is 0 Å². The second-order valence-corrected chi connectivity index (χ2v) is 9.43. The van der Waals surface area contributed by atoms with E-state index in [0.717, 1.165) is 13.0 Å². The summed E-state index contributed by atoms with van der Waals surface area (Å²) in [6.45, 7) is 0.847. The molecule has 0 amide bonds. The maximum atomic E-state index is 5.57. The quantitative estimate of drug-likeness (QED) is 0.175. The van der Waals surface area contributed by atoms with Gasteiger partial charge in [-0.2, -0.15) is 0 Å². The molecule has 0 spiro atoms. The monoisotopic (exact) mass is 441 g/mol. The molecule has 0 saturated heterocycles. The van der Waals surface area contributed by atoms with Crippen LogP contribution in [0.25, 0.3) is 0 Å². The van der Waals surface area contributed by atoms with Crippen LogP contribution in [0.2, 0.25) is 0 Å². The molecule has 3 rings (SSSR count). The summed E-state index contributed by atoms with van der Waals surface area (Å²) in [6, 6.07) is 33.4. The molecule has 0 aliphatic carbocycles. The van der Waals surface area contributed by atoms with E-state index in [4.69, 9.17) is 5.73 Å². The van der Waals surface area contributed by atoms with Crippen LogP contribution >= 0.6 is 0 Å². The molecule has 0 fully saturated rings. The molecular weight excluding hydrogens is 398 g/mol. The van der Waals surface area contributed by atoms with E-state index in [1.807, 2.05) is 0 Å². The van der Waals surface area contributed by atoms with Gasteiger partial charge in [-0.1, -0.05) is 155 Å². The fraction of sp³-hybridized carbons (Fsp3) is 0.438. The van der Waals surface area contributed by atoms with Gasteiger partial charge in [-0.3, -0.25) is 0 Å². The Morgan fingerprint density at radius 1 is 0.394 bits per heavy atom. The van der Waals surface area contributed by atoms with Crippen molar-refractivity contribution in [3.63, 3.8) is 0 Å². The minimum absolute atomic E-state index is 0.0900. The molecule has 0 atom stereocenters. The fourth-order valence-electron chi connectivity index (χ4n) is 5.23. The van der Waals surface area contributed by atoms with Crippen LogP contribution in [0.15, 0.2) is 91.0 Å². The summed E-state index contributed by atoms with van der Waals surface area (Å²) in [7, 11) is 0. The van der Waals surface area contributed by atoms with E-state index in [9.17, 15) is 0 Å². The predicted octanol–water partition coefficient (Wildman–Crippen LogP) is 8.66. The summed E-state index contributed by atoms with van der Waals surface area (Å²) >= 11 is 0. The minimum Gasteiger partial charge on any atom is -0.330 e. The first-order valence-corrected chi connectivity index (χ1v) is 13.2. The Bertz CT molecular complexity index is 760. The van der Waals surface area contributed by atoms with Gasteiger partial charge in [0.25, 0.3) is 0 Å². The van der Waals surface area contributed by atoms with Crippen molar-refractivity contribution in [1.82, 2.24) is 0 Å². The van der Waals surface area contributed by atoms with Gasteiger partial charge >= 0.3 is 0 Å². The van der Waals surface area contributed by atoms with Crippen molar-refractivity contribution < 1.29 is 0 Å². The van der Waals surface area contributed by atoms with Gasteiger partial charge in [0.15, 0.2) is 0 Å². The number of unbranched alkanes of at least 4 members (excludes halogenated alkanes) is 10. The van der Waals surface area contributed by atoms with Gasteiger partial charge in [-0.15, -0.1) is 0 Å². The highest BCUT2D eigenvalue weighted by molar-refractivity contribution is 5.50. The van der Waals surface area contributed by atoms with Crippen molar-refractivity contribution in [2.24, 2.45) is 5.73 Å². The van der Waals surface area contributed by atoms with Gasteiger partial charge in [-0.05, 0) is 36.1 Å². The van der Waals surface area contributed by atoms with E-state index >= 15 is 0 Å². The van der Waals surface area contributed by atoms with E-state index in [-0.39, 0.29) is 5.41 Å². The third-order valence-corrected chi connectivity index (χ3v) is 7.06. The Hall–Kier alpha value is -2.38. The van der Waals surface area contributed by atoms with Crippen LogP contribution in [0.5, 0.6) is 0 Å². The maximum Gasteiger partial charge on any atom is 0.0451 e. The molecule has 0 aromatic heterocycles. The standard InChI is InChI=1S/C32H43N/c33-28-20-9-7-5-3-1-2-4-6-8-19-27-32(29-21-13-10-14-22-29,30-23-15-11-16-24-30)31-25-17-12-18-26-31/h10-18,21-26H,1-9,19-20,27-28,33H2. The molecule has 1 nitrogen and oxygen atoms in total. The van der Waals surface area contributed by atoms with Crippen molar-refractivity contribution >= 4 is 0 Å². The fourth-order valence-corrected chi connectivity index (χ4v) is 5.23. The summed E-state index contributed by atoms with van der Waals surface area (Å²) in [5.41, 5.74) is 9.68. The largest absolute Gasteiger partial charge is 0.330 e. The molecule has 33 heavy (non-hydrogen) atoms. The average Bonchev–Trinajstić information content (AvgIpc) is 2.89. The predicted molar refractivity (Wildman–Crippen MR) is 144 cm³/mol. The zero-order valence-corrected chi connectivity index (χ0v) is 20.4. The van der Waals surface area contributed by atoms with E-state index in [2.05, 4.69) is 91.0 Å². The molecule has 3 aromatic rings. The van der Waals surface area contributed by atoms with Gasteiger partial charge in [0, 0.05) is 5.41 Å². The van der Waals surface area contributed by atoms with Crippen LogP contribution in [-0.4, -0.2) is 6.54 Å². The Kier molecular flexibility index (Phi) is 11.2. The molecule has 2 N–H and O–H groups in total. The lowest BCUT2D eigenvalue weighted by atomic mass is 9.66. The lowest BCUT2D eigenvalue weighted by molar-refractivity contribution is 0.492. The first kappa shape index (κ1) is 25.2. The molecule has 0 heterocycles. The molecule has 0 saturated carbocycles. The molecule has 0 aliphatic heterocycles. The maximum absolute atomic E-state index is 5.57. The first-order chi connectivity index (χ1) is 16.4. The first-order valence-electron chi connectivity index (χ1n) is 13.2. The normalized spacial score (nSPS) is 11.5. The SMILES string of the molecule is NCCCCCCCCCCCCCC(c1ccccc1)(c1ccccc1)c1ccccc1. The highest BCUT2D eigenvalue weighted by Gasteiger charge is 2.35. The molecule has 1 heteroatoms. The molecule has 0 unspecified atom stereocenters. The lowest BCUT2D eigenvalue weighted by Gasteiger charge is -2.36. The van der Waals surface area contributed by atoms with E-state index in [1.54, 1.807) is 0 Å². The summed E-state index contributed by atoms with van der Waals surface area (Å²) in [5, 5.41) is 0. The molecule has 176 valence electrons. The van der Waals surface area contributed by atoms with Crippen molar-refractivity contribution in [3.05, 3.63) is 108 Å². The molecule has 0 radical (unpaired) electrons.